The van der Waals surface area contributed by atoms with Crippen molar-refractivity contribution in [3.8, 4) is 0 Å². The van der Waals surface area contributed by atoms with Crippen molar-refractivity contribution < 1.29 is 27.1 Å². The molecule has 0 radical (unpaired) electrons. The van der Waals surface area contributed by atoms with E-state index in [1.54, 1.807) is 0 Å². The predicted octanol–water partition coefficient (Wildman–Crippen LogP) is 2.26. The molecule has 2 atom stereocenters. The number of halogens is 5. The number of benzene rings is 1. The van der Waals surface area contributed by atoms with E-state index in [-0.39, 0.29) is 0 Å². The number of hydrogen-bond donors (Lipinski definition) is 2. The highest BCUT2D eigenvalue weighted by molar-refractivity contribution is 5.26. The molecule has 0 unspecified atom stereocenters. The summed E-state index contributed by atoms with van der Waals surface area (Å²) < 4.78 is 62.9. The van der Waals surface area contributed by atoms with E-state index >= 15 is 0 Å². The van der Waals surface area contributed by atoms with E-state index in [9.17, 15) is 22.0 Å². The van der Waals surface area contributed by atoms with Crippen LogP contribution < -0.4 is 5.73 Å². The standard InChI is InChI=1S/C11H12F5NO/c12-6-10(17,5-9(18)11(14,15)16)7-3-1-2-4-8(7)13/h1-4,9,18H,5-6,17H2/t9-,10+/m0/s1. The van der Waals surface area contributed by atoms with Crippen molar-refractivity contribution in [1.82, 2.24) is 0 Å². The van der Waals surface area contributed by atoms with Crippen molar-refractivity contribution >= 4 is 0 Å². The summed E-state index contributed by atoms with van der Waals surface area (Å²) in [6, 6.07) is 4.69. The van der Waals surface area contributed by atoms with Gasteiger partial charge in [-0.1, -0.05) is 18.2 Å². The number of hydrogen-bond acceptors (Lipinski definition) is 2. The highest BCUT2D eigenvalue weighted by Gasteiger charge is 2.44. The Labute approximate surface area is 100 Å². The highest BCUT2D eigenvalue weighted by Crippen LogP contribution is 2.32. The van der Waals surface area contributed by atoms with Crippen LogP contribution in [0.1, 0.15) is 12.0 Å². The van der Waals surface area contributed by atoms with Gasteiger partial charge in [-0.3, -0.25) is 0 Å². The summed E-state index contributed by atoms with van der Waals surface area (Å²) in [5.41, 5.74) is 2.84. The molecule has 0 heterocycles. The maximum absolute atomic E-state index is 13.4. The molecule has 102 valence electrons. The third-order valence-electron chi connectivity index (χ3n) is 2.58. The van der Waals surface area contributed by atoms with Crippen LogP contribution in [0, 0.1) is 5.82 Å². The Bertz CT molecular complexity index is 409. The molecule has 0 aromatic heterocycles. The first kappa shape index (κ1) is 14.8. The van der Waals surface area contributed by atoms with Gasteiger partial charge < -0.3 is 10.8 Å². The van der Waals surface area contributed by atoms with E-state index in [0.29, 0.717) is 0 Å². The second-order valence-corrected chi connectivity index (χ2v) is 4.03. The number of alkyl halides is 4. The van der Waals surface area contributed by atoms with E-state index in [2.05, 4.69) is 0 Å². The lowest BCUT2D eigenvalue weighted by Crippen LogP contribution is -2.46. The first-order valence-corrected chi connectivity index (χ1v) is 5.05. The zero-order chi connectivity index (χ0) is 14.0. The molecule has 2 nitrogen and oxygen atoms in total. The highest BCUT2D eigenvalue weighted by atomic mass is 19.4. The van der Waals surface area contributed by atoms with Crippen molar-refractivity contribution in [3.05, 3.63) is 35.6 Å². The Morgan fingerprint density at radius 2 is 1.78 bits per heavy atom. The maximum atomic E-state index is 13.4. The van der Waals surface area contributed by atoms with E-state index in [1.807, 2.05) is 0 Å². The van der Waals surface area contributed by atoms with Gasteiger partial charge in [-0.2, -0.15) is 13.2 Å². The maximum Gasteiger partial charge on any atom is 0.414 e. The summed E-state index contributed by atoms with van der Waals surface area (Å²) in [7, 11) is 0. The Morgan fingerprint density at radius 1 is 1.22 bits per heavy atom. The summed E-state index contributed by atoms with van der Waals surface area (Å²) in [6.45, 7) is -1.42. The second kappa shape index (κ2) is 5.19. The lowest BCUT2D eigenvalue weighted by molar-refractivity contribution is -0.210. The average molecular weight is 269 g/mol. The van der Waals surface area contributed by atoms with E-state index in [4.69, 9.17) is 10.8 Å². The quantitative estimate of drug-likeness (QED) is 0.824. The molecule has 0 bridgehead atoms. The summed E-state index contributed by atoms with van der Waals surface area (Å²) in [6.07, 6.45) is -8.88. The van der Waals surface area contributed by atoms with Crippen molar-refractivity contribution in [2.45, 2.75) is 24.2 Å². The lowest BCUT2D eigenvalue weighted by atomic mass is 9.86. The predicted molar refractivity (Wildman–Crippen MR) is 54.9 cm³/mol. The van der Waals surface area contributed by atoms with Crippen molar-refractivity contribution in [1.29, 1.82) is 0 Å². The van der Waals surface area contributed by atoms with Crippen LogP contribution in [0.25, 0.3) is 0 Å². The average Bonchev–Trinajstić information content (AvgIpc) is 2.28. The topological polar surface area (TPSA) is 46.2 Å². The molecule has 18 heavy (non-hydrogen) atoms. The molecule has 0 aliphatic rings. The fourth-order valence-corrected chi connectivity index (χ4v) is 1.56. The van der Waals surface area contributed by atoms with Gasteiger partial charge in [0, 0.05) is 12.0 Å². The first-order chi connectivity index (χ1) is 8.20. The zero-order valence-electron chi connectivity index (χ0n) is 9.22. The smallest absolute Gasteiger partial charge is 0.384 e. The van der Waals surface area contributed by atoms with E-state index in [0.717, 1.165) is 12.1 Å². The molecule has 0 amide bonds. The van der Waals surface area contributed by atoms with Crippen LogP contribution in [0.2, 0.25) is 0 Å². The molecule has 0 spiro atoms. The monoisotopic (exact) mass is 269 g/mol. The van der Waals surface area contributed by atoms with Gasteiger partial charge in [0.25, 0.3) is 0 Å². The van der Waals surface area contributed by atoms with Crippen LogP contribution in [0.5, 0.6) is 0 Å². The normalized spacial score (nSPS) is 17.3. The van der Waals surface area contributed by atoms with Gasteiger partial charge in [0.2, 0.25) is 0 Å². The summed E-state index contributed by atoms with van der Waals surface area (Å²) in [5, 5.41) is 8.91. The fraction of sp³-hybridized carbons (Fsp3) is 0.455. The van der Waals surface area contributed by atoms with Gasteiger partial charge in [0.1, 0.15) is 12.5 Å². The molecule has 0 fully saturated rings. The van der Waals surface area contributed by atoms with Crippen LogP contribution >= 0.6 is 0 Å². The van der Waals surface area contributed by atoms with Crippen LogP contribution in [0.4, 0.5) is 22.0 Å². The largest absolute Gasteiger partial charge is 0.414 e. The molecule has 0 aliphatic heterocycles. The van der Waals surface area contributed by atoms with Crippen molar-refractivity contribution in [3.63, 3.8) is 0 Å². The molecular formula is C11H12F5NO. The van der Waals surface area contributed by atoms with Crippen LogP contribution in [-0.2, 0) is 5.54 Å². The van der Waals surface area contributed by atoms with Crippen molar-refractivity contribution in [2.75, 3.05) is 6.67 Å². The van der Waals surface area contributed by atoms with E-state index in [1.165, 1.54) is 12.1 Å². The first-order valence-electron chi connectivity index (χ1n) is 5.05. The Morgan fingerprint density at radius 3 is 2.22 bits per heavy atom. The zero-order valence-corrected chi connectivity index (χ0v) is 9.22. The summed E-state index contributed by atoms with van der Waals surface area (Å²) in [5.74, 6) is -0.910. The molecule has 3 N–H and O–H groups in total. The van der Waals surface area contributed by atoms with Gasteiger partial charge in [-0.25, -0.2) is 8.78 Å². The molecular weight excluding hydrogens is 257 g/mol. The third kappa shape index (κ3) is 3.17. The third-order valence-corrected chi connectivity index (χ3v) is 2.58. The number of aliphatic hydroxyl groups is 1. The van der Waals surface area contributed by atoms with Crippen LogP contribution in [0.3, 0.4) is 0 Å². The molecule has 0 aliphatic carbocycles. The van der Waals surface area contributed by atoms with Gasteiger partial charge in [-0.15, -0.1) is 0 Å². The molecule has 1 aromatic rings. The van der Waals surface area contributed by atoms with Gasteiger partial charge in [0.05, 0.1) is 5.54 Å². The SMILES string of the molecule is N[C@@](CF)(C[C@H](O)C(F)(F)F)c1ccccc1F. The molecule has 1 rings (SSSR count). The molecule has 0 saturated heterocycles. The lowest BCUT2D eigenvalue weighted by Gasteiger charge is -2.30. The molecule has 7 heteroatoms. The second-order valence-electron chi connectivity index (χ2n) is 4.03. The fourth-order valence-electron chi connectivity index (χ4n) is 1.56. The van der Waals surface area contributed by atoms with Gasteiger partial charge in [-0.05, 0) is 6.07 Å². The number of aliphatic hydroxyl groups excluding tert-OH is 1. The molecule has 1 aromatic carbocycles. The minimum absolute atomic E-state index is 0.393. The van der Waals surface area contributed by atoms with Crippen molar-refractivity contribution in [2.24, 2.45) is 5.73 Å². The Balaban J connectivity index is 3.04. The summed E-state index contributed by atoms with van der Waals surface area (Å²) in [4.78, 5) is 0. The molecule has 0 saturated carbocycles. The van der Waals surface area contributed by atoms with Gasteiger partial charge in [0.15, 0.2) is 6.10 Å². The number of nitrogens with two attached hydrogens (primary N) is 1. The minimum Gasteiger partial charge on any atom is -0.384 e. The van der Waals surface area contributed by atoms with Crippen LogP contribution in [-0.4, -0.2) is 24.1 Å². The van der Waals surface area contributed by atoms with Gasteiger partial charge >= 0.3 is 6.18 Å². The Hall–Kier alpha value is -1.21. The van der Waals surface area contributed by atoms with Crippen LogP contribution in [0.15, 0.2) is 24.3 Å². The summed E-state index contributed by atoms with van der Waals surface area (Å²) >= 11 is 0. The Kier molecular flexibility index (Phi) is 4.28. The van der Waals surface area contributed by atoms with E-state index < -0.39 is 42.3 Å². The number of rotatable bonds is 4. The minimum atomic E-state index is -4.93.